The van der Waals surface area contributed by atoms with Gasteiger partial charge in [-0.15, -0.1) is 0 Å². The average Bonchev–Trinajstić information content (AvgIpc) is 3.33. The second-order valence-corrected chi connectivity index (χ2v) is 17.0. The summed E-state index contributed by atoms with van der Waals surface area (Å²) < 4.78 is 16.7. The van der Waals surface area contributed by atoms with Crippen LogP contribution in [0.5, 0.6) is 0 Å². The molecule has 0 saturated carbocycles. The van der Waals surface area contributed by atoms with Gasteiger partial charge in [0.1, 0.15) is 13.2 Å². The topological polar surface area (TPSA) is 78.9 Å². The van der Waals surface area contributed by atoms with Gasteiger partial charge < -0.3 is 14.2 Å². The van der Waals surface area contributed by atoms with Crippen LogP contribution in [0.1, 0.15) is 213 Å². The molecule has 6 heteroatoms. The van der Waals surface area contributed by atoms with Crippen molar-refractivity contribution in [2.75, 3.05) is 13.2 Å². The molecule has 0 heterocycles. The molecule has 6 nitrogen and oxygen atoms in total. The van der Waals surface area contributed by atoms with Crippen molar-refractivity contribution in [2.45, 2.75) is 219 Å². The Kier molecular flexibility index (Phi) is 50.6. The highest BCUT2D eigenvalue weighted by Gasteiger charge is 2.19. The number of ether oxygens (including phenoxy) is 3. The summed E-state index contributed by atoms with van der Waals surface area (Å²) in [5.41, 5.74) is 0. The Morgan fingerprint density at radius 2 is 0.597 bits per heavy atom. The number of esters is 3. The fraction of sp³-hybridized carbons (Fsp3) is 0.590. The fourth-order valence-corrected chi connectivity index (χ4v) is 6.71. The molecule has 0 saturated heterocycles. The van der Waals surface area contributed by atoms with E-state index in [0.717, 1.165) is 128 Å². The van der Waals surface area contributed by atoms with Crippen molar-refractivity contribution in [3.8, 4) is 0 Å². The largest absolute Gasteiger partial charge is 0.462 e. The maximum atomic E-state index is 12.8. The number of rotatable bonds is 46. The first kappa shape index (κ1) is 62.5. The summed E-state index contributed by atoms with van der Waals surface area (Å²) in [6, 6.07) is 0. The van der Waals surface area contributed by atoms with Gasteiger partial charge in [0, 0.05) is 19.3 Å². The fourth-order valence-electron chi connectivity index (χ4n) is 6.71. The lowest BCUT2D eigenvalue weighted by Crippen LogP contribution is -2.30. The lowest BCUT2D eigenvalue weighted by molar-refractivity contribution is -0.167. The molecule has 0 amide bonds. The van der Waals surface area contributed by atoms with E-state index in [-0.39, 0.29) is 37.5 Å². The van der Waals surface area contributed by atoms with E-state index < -0.39 is 6.10 Å². The van der Waals surface area contributed by atoms with E-state index in [1.165, 1.54) is 38.5 Å². The van der Waals surface area contributed by atoms with Gasteiger partial charge in [0.2, 0.25) is 0 Å². The second kappa shape index (κ2) is 54.2. The molecule has 0 aliphatic heterocycles. The zero-order valence-electron chi connectivity index (χ0n) is 42.9. The molecule has 0 aliphatic rings. The molecule has 0 fully saturated rings. The summed E-state index contributed by atoms with van der Waals surface area (Å²) >= 11 is 0. The molecule has 0 bridgehead atoms. The minimum Gasteiger partial charge on any atom is -0.462 e. The number of hydrogen-bond acceptors (Lipinski definition) is 6. The molecule has 0 radical (unpaired) electrons. The molecule has 0 spiro atoms. The number of hydrogen-bond donors (Lipinski definition) is 0. The molecule has 0 aromatic rings. The van der Waals surface area contributed by atoms with Gasteiger partial charge in [-0.05, 0) is 109 Å². The van der Waals surface area contributed by atoms with Crippen molar-refractivity contribution < 1.29 is 28.6 Å². The first-order valence-corrected chi connectivity index (χ1v) is 26.7. The van der Waals surface area contributed by atoms with Gasteiger partial charge >= 0.3 is 17.9 Å². The van der Waals surface area contributed by atoms with Crippen LogP contribution >= 0.6 is 0 Å². The first-order chi connectivity index (χ1) is 33.0. The molecule has 376 valence electrons. The third-order valence-electron chi connectivity index (χ3n) is 10.7. The van der Waals surface area contributed by atoms with Crippen LogP contribution in [0.4, 0.5) is 0 Å². The van der Waals surface area contributed by atoms with Gasteiger partial charge in [0.25, 0.3) is 0 Å². The predicted octanol–water partition coefficient (Wildman–Crippen LogP) is 17.9. The van der Waals surface area contributed by atoms with E-state index in [2.05, 4.69) is 154 Å². The van der Waals surface area contributed by atoms with Crippen molar-refractivity contribution in [1.29, 1.82) is 0 Å². The van der Waals surface area contributed by atoms with Gasteiger partial charge in [-0.25, -0.2) is 0 Å². The van der Waals surface area contributed by atoms with E-state index >= 15 is 0 Å². The Morgan fingerprint density at radius 1 is 0.313 bits per heavy atom. The smallest absolute Gasteiger partial charge is 0.306 e. The van der Waals surface area contributed by atoms with Crippen LogP contribution < -0.4 is 0 Å². The first-order valence-electron chi connectivity index (χ1n) is 26.7. The minimum atomic E-state index is -0.815. The molecule has 0 N–H and O–H groups in total. The Bertz CT molecular complexity index is 1480. The van der Waals surface area contributed by atoms with Crippen molar-refractivity contribution in [3.05, 3.63) is 134 Å². The van der Waals surface area contributed by atoms with Crippen molar-refractivity contribution in [3.63, 3.8) is 0 Å². The third-order valence-corrected chi connectivity index (χ3v) is 10.7. The zero-order valence-corrected chi connectivity index (χ0v) is 42.9. The summed E-state index contributed by atoms with van der Waals surface area (Å²) in [7, 11) is 0. The van der Waals surface area contributed by atoms with Crippen LogP contribution in [-0.2, 0) is 28.6 Å². The Morgan fingerprint density at radius 3 is 0.955 bits per heavy atom. The van der Waals surface area contributed by atoms with E-state index in [4.69, 9.17) is 14.2 Å². The maximum absolute atomic E-state index is 12.8. The van der Waals surface area contributed by atoms with E-state index in [9.17, 15) is 14.4 Å². The molecular weight excluding hydrogens is 829 g/mol. The van der Waals surface area contributed by atoms with Crippen molar-refractivity contribution in [1.82, 2.24) is 0 Å². The number of allylic oxidation sites excluding steroid dienone is 22. The summed E-state index contributed by atoms with van der Waals surface area (Å²) in [6.45, 7) is 6.28. The summed E-state index contributed by atoms with van der Waals surface area (Å²) in [5, 5.41) is 0. The van der Waals surface area contributed by atoms with Crippen LogP contribution in [-0.4, -0.2) is 37.2 Å². The lowest BCUT2D eigenvalue weighted by atomic mass is 10.1. The third kappa shape index (κ3) is 52.4. The Balaban J connectivity index is 4.35. The summed E-state index contributed by atoms with van der Waals surface area (Å²) in [4.78, 5) is 37.8. The second-order valence-electron chi connectivity index (χ2n) is 17.0. The predicted molar refractivity (Wildman–Crippen MR) is 288 cm³/mol. The highest BCUT2D eigenvalue weighted by Crippen LogP contribution is 2.12. The van der Waals surface area contributed by atoms with Crippen LogP contribution in [0.25, 0.3) is 0 Å². The molecule has 0 aromatic heterocycles. The quantitative estimate of drug-likeness (QED) is 0.0262. The molecule has 0 aromatic carbocycles. The monoisotopic (exact) mass is 925 g/mol. The van der Waals surface area contributed by atoms with Crippen molar-refractivity contribution in [2.24, 2.45) is 0 Å². The van der Waals surface area contributed by atoms with E-state index in [0.29, 0.717) is 19.3 Å². The molecule has 1 unspecified atom stereocenters. The summed E-state index contributed by atoms with van der Waals surface area (Å²) in [5.74, 6) is -1.000. The highest BCUT2D eigenvalue weighted by molar-refractivity contribution is 5.71. The van der Waals surface area contributed by atoms with Crippen molar-refractivity contribution >= 4 is 17.9 Å². The molecule has 0 aliphatic carbocycles. The van der Waals surface area contributed by atoms with Crippen LogP contribution in [0.2, 0.25) is 0 Å². The van der Waals surface area contributed by atoms with Crippen LogP contribution in [0, 0.1) is 0 Å². The van der Waals surface area contributed by atoms with Crippen LogP contribution in [0.15, 0.2) is 134 Å². The molecule has 67 heavy (non-hydrogen) atoms. The maximum Gasteiger partial charge on any atom is 0.306 e. The number of carbonyl (C=O) groups is 3. The normalized spacial score (nSPS) is 13.2. The van der Waals surface area contributed by atoms with Crippen LogP contribution in [0.3, 0.4) is 0 Å². The van der Waals surface area contributed by atoms with Gasteiger partial charge in [0.05, 0.1) is 0 Å². The van der Waals surface area contributed by atoms with Gasteiger partial charge in [0.15, 0.2) is 6.10 Å². The average molecular weight is 925 g/mol. The number of unbranched alkanes of at least 4 members (excludes halogenated alkanes) is 13. The van der Waals surface area contributed by atoms with Gasteiger partial charge in [-0.2, -0.15) is 0 Å². The van der Waals surface area contributed by atoms with E-state index in [1.54, 1.807) is 0 Å². The number of carbonyl (C=O) groups excluding carboxylic acids is 3. The zero-order chi connectivity index (χ0) is 48.6. The highest BCUT2D eigenvalue weighted by atomic mass is 16.6. The lowest BCUT2D eigenvalue weighted by Gasteiger charge is -2.18. The Hall–Kier alpha value is -4.45. The van der Waals surface area contributed by atoms with E-state index in [1.807, 2.05) is 0 Å². The molecular formula is C61H96O6. The standard InChI is InChI=1S/C61H96O6/c1-4-7-10-13-16-18-20-22-24-26-27-28-29-30-31-32-33-35-36-38-40-42-45-48-51-54-60(63)66-57-58(56-65-59(62)53-50-47-44-15-12-9-6-3)67-61(64)55-52-49-46-43-41-39-37-34-25-23-21-19-17-14-11-8-5-2/h7-8,10-11,16-19,22-25,27-28,30-31,33,35,37,39,43,46,58H,4-6,9,12-15,20-21,26,29,32,34,36,38,40-42,44-45,47-57H2,1-3H3/b10-7-,11-8-,18-16-,19-17-,24-22-,25-23-,28-27-,31-30-,35-33-,39-37-,46-43-. The molecule has 1 atom stereocenters. The minimum absolute atomic E-state index is 0.109. The van der Waals surface area contributed by atoms with Gasteiger partial charge in [-0.3, -0.25) is 14.4 Å². The molecule has 0 rings (SSSR count). The Labute approximate surface area is 411 Å². The van der Waals surface area contributed by atoms with Gasteiger partial charge in [-0.1, -0.05) is 219 Å². The summed E-state index contributed by atoms with van der Waals surface area (Å²) in [6.07, 6.45) is 76.0. The SMILES string of the molecule is CC/C=C\C/C=C\C/C=C\C/C=C\C/C=C\C/C=C\CCCCCCCCC(=O)OCC(COC(=O)CCCCCCCCC)OC(=O)CCC/C=C\C/C=C\C/C=C\C/C=C\C/C=C\CC.